The minimum absolute atomic E-state index is 0.459. The Morgan fingerprint density at radius 2 is 2.04 bits per heavy atom. The molecule has 0 radical (unpaired) electrons. The second kappa shape index (κ2) is 10.3. The van der Waals surface area contributed by atoms with Crippen molar-refractivity contribution in [2.75, 3.05) is 19.7 Å². The molecule has 0 aliphatic carbocycles. The van der Waals surface area contributed by atoms with Gasteiger partial charge in [0.15, 0.2) is 17.4 Å². The summed E-state index contributed by atoms with van der Waals surface area (Å²) in [6.07, 6.45) is 3.85. The summed E-state index contributed by atoms with van der Waals surface area (Å²) in [5, 5.41) is 15.0. The predicted octanol–water partition coefficient (Wildman–Crippen LogP) is 2.82. The molecule has 2 aromatic heterocycles. The van der Waals surface area contributed by atoms with Crippen LogP contribution in [0.1, 0.15) is 31.7 Å². The van der Waals surface area contributed by atoms with Crippen LogP contribution in [0.15, 0.2) is 53.7 Å². The monoisotopic (exact) mass is 380 g/mol. The number of guanidine groups is 1. The number of hydrogen-bond acceptors (Lipinski definition) is 4. The van der Waals surface area contributed by atoms with E-state index in [-0.39, 0.29) is 0 Å². The number of fused-ring (bicyclic) bond motifs is 1. The number of nitrogens with one attached hydrogen (secondary N) is 2. The van der Waals surface area contributed by atoms with Crippen LogP contribution >= 0.6 is 0 Å². The van der Waals surface area contributed by atoms with Crippen molar-refractivity contribution >= 4 is 11.6 Å². The maximum absolute atomic E-state index is 5.71. The molecule has 0 bridgehead atoms. The first-order chi connectivity index (χ1) is 13.8. The maximum Gasteiger partial charge on any atom is 0.191 e. The molecule has 0 saturated carbocycles. The lowest BCUT2D eigenvalue weighted by Crippen LogP contribution is -2.38. The van der Waals surface area contributed by atoms with E-state index >= 15 is 0 Å². The van der Waals surface area contributed by atoms with E-state index in [1.54, 1.807) is 0 Å². The van der Waals surface area contributed by atoms with Gasteiger partial charge < -0.3 is 15.4 Å². The highest BCUT2D eigenvalue weighted by atomic mass is 16.5. The number of aliphatic imine (C=N–C) groups is 1. The van der Waals surface area contributed by atoms with Crippen molar-refractivity contribution in [3.8, 4) is 5.75 Å². The highest BCUT2D eigenvalue weighted by Crippen LogP contribution is 2.13. The Balaban J connectivity index is 1.56. The van der Waals surface area contributed by atoms with Gasteiger partial charge in [0.25, 0.3) is 0 Å². The van der Waals surface area contributed by atoms with E-state index in [1.165, 1.54) is 5.56 Å². The van der Waals surface area contributed by atoms with Crippen LogP contribution in [0.2, 0.25) is 0 Å². The Morgan fingerprint density at radius 3 is 2.89 bits per heavy atom. The molecule has 3 rings (SSSR count). The molecule has 0 saturated heterocycles. The molecule has 0 fully saturated rings. The highest BCUT2D eigenvalue weighted by molar-refractivity contribution is 5.79. The molecule has 0 aliphatic heterocycles. The summed E-state index contributed by atoms with van der Waals surface area (Å²) in [5.74, 6) is 2.51. The summed E-state index contributed by atoms with van der Waals surface area (Å²) >= 11 is 0. The van der Waals surface area contributed by atoms with E-state index in [0.29, 0.717) is 6.54 Å². The molecule has 7 nitrogen and oxygen atoms in total. The van der Waals surface area contributed by atoms with E-state index in [2.05, 4.69) is 51.8 Å². The number of benzene rings is 1. The average Bonchev–Trinajstić information content (AvgIpc) is 3.14. The fraction of sp³-hybridized carbons (Fsp3) is 0.381. The fourth-order valence-electron chi connectivity index (χ4n) is 2.83. The number of nitrogens with zero attached hydrogens (tertiary/aromatic N) is 4. The van der Waals surface area contributed by atoms with Crippen LogP contribution in [0, 0.1) is 0 Å². The van der Waals surface area contributed by atoms with Gasteiger partial charge in [0.05, 0.1) is 6.61 Å². The number of pyridine rings is 1. The van der Waals surface area contributed by atoms with Gasteiger partial charge in [0, 0.05) is 19.3 Å². The van der Waals surface area contributed by atoms with Gasteiger partial charge in [-0.15, -0.1) is 10.2 Å². The lowest BCUT2D eigenvalue weighted by Gasteiger charge is -2.12. The molecule has 0 aliphatic rings. The highest BCUT2D eigenvalue weighted by Gasteiger charge is 2.05. The summed E-state index contributed by atoms with van der Waals surface area (Å²) in [5.41, 5.74) is 2.07. The van der Waals surface area contributed by atoms with Crippen LogP contribution < -0.4 is 15.4 Å². The Hall–Kier alpha value is -3.09. The van der Waals surface area contributed by atoms with Crippen molar-refractivity contribution in [1.29, 1.82) is 0 Å². The third-order valence-corrected chi connectivity index (χ3v) is 4.18. The van der Waals surface area contributed by atoms with Crippen LogP contribution in [0.5, 0.6) is 5.75 Å². The summed E-state index contributed by atoms with van der Waals surface area (Å²) in [6.45, 7) is 6.95. The number of aromatic nitrogens is 3. The largest absolute Gasteiger partial charge is 0.494 e. The maximum atomic E-state index is 5.71. The molecule has 2 N–H and O–H groups in total. The van der Waals surface area contributed by atoms with Gasteiger partial charge in [-0.2, -0.15) is 0 Å². The van der Waals surface area contributed by atoms with Crippen LogP contribution in [-0.4, -0.2) is 40.3 Å². The van der Waals surface area contributed by atoms with E-state index in [9.17, 15) is 0 Å². The predicted molar refractivity (Wildman–Crippen MR) is 112 cm³/mol. The van der Waals surface area contributed by atoms with Gasteiger partial charge in [-0.1, -0.05) is 25.1 Å². The molecular formula is C21H28N6O. The smallest absolute Gasteiger partial charge is 0.191 e. The van der Waals surface area contributed by atoms with Crippen molar-refractivity contribution in [3.63, 3.8) is 0 Å². The number of rotatable bonds is 9. The third kappa shape index (κ3) is 5.45. The van der Waals surface area contributed by atoms with Gasteiger partial charge in [-0.05, 0) is 49.6 Å². The first kappa shape index (κ1) is 19.7. The van der Waals surface area contributed by atoms with Crippen molar-refractivity contribution < 1.29 is 4.74 Å². The molecule has 0 unspecified atom stereocenters. The molecule has 7 heteroatoms. The number of ether oxygens (including phenoxy) is 1. The molecule has 2 heterocycles. The standard InChI is InChI=1S/C21H28N6O/c1-3-14-28-18-9-7-8-17(15-18)11-12-23-21(22-4-2)24-16-20-26-25-19-10-5-6-13-27(19)20/h5-10,13,15H,3-4,11-12,14,16H2,1-2H3,(H2,22,23,24). The zero-order valence-corrected chi connectivity index (χ0v) is 16.6. The van der Waals surface area contributed by atoms with E-state index in [0.717, 1.165) is 55.7 Å². The van der Waals surface area contributed by atoms with Crippen molar-refractivity contribution in [2.24, 2.45) is 4.99 Å². The Labute approximate surface area is 165 Å². The van der Waals surface area contributed by atoms with Gasteiger partial charge in [0.2, 0.25) is 0 Å². The molecular weight excluding hydrogens is 352 g/mol. The first-order valence-electron chi connectivity index (χ1n) is 9.82. The van der Waals surface area contributed by atoms with E-state index in [1.807, 2.05) is 40.9 Å². The lowest BCUT2D eigenvalue weighted by molar-refractivity contribution is 0.317. The zero-order chi connectivity index (χ0) is 19.6. The first-order valence-corrected chi connectivity index (χ1v) is 9.82. The molecule has 0 spiro atoms. The average molecular weight is 380 g/mol. The van der Waals surface area contributed by atoms with Crippen molar-refractivity contribution in [2.45, 2.75) is 33.2 Å². The Morgan fingerprint density at radius 1 is 1.11 bits per heavy atom. The van der Waals surface area contributed by atoms with Crippen LogP contribution in [-0.2, 0) is 13.0 Å². The number of hydrogen-bond donors (Lipinski definition) is 2. The van der Waals surface area contributed by atoms with Crippen LogP contribution in [0.3, 0.4) is 0 Å². The SMILES string of the molecule is CCCOc1cccc(CCNC(=NCc2nnc3ccccn23)NCC)c1. The lowest BCUT2D eigenvalue weighted by atomic mass is 10.1. The Bertz CT molecular complexity index is 905. The summed E-state index contributed by atoms with van der Waals surface area (Å²) in [4.78, 5) is 4.64. The minimum atomic E-state index is 0.459. The van der Waals surface area contributed by atoms with E-state index < -0.39 is 0 Å². The molecule has 3 aromatic rings. The second-order valence-corrected chi connectivity index (χ2v) is 6.41. The van der Waals surface area contributed by atoms with Crippen LogP contribution in [0.25, 0.3) is 5.65 Å². The third-order valence-electron chi connectivity index (χ3n) is 4.18. The van der Waals surface area contributed by atoms with Crippen molar-refractivity contribution in [1.82, 2.24) is 25.2 Å². The molecule has 1 aromatic carbocycles. The molecule has 0 atom stereocenters. The van der Waals surface area contributed by atoms with Gasteiger partial charge in [-0.25, -0.2) is 4.99 Å². The molecule has 148 valence electrons. The van der Waals surface area contributed by atoms with Crippen molar-refractivity contribution in [3.05, 3.63) is 60.0 Å². The normalized spacial score (nSPS) is 11.6. The minimum Gasteiger partial charge on any atom is -0.494 e. The molecule has 0 amide bonds. The quantitative estimate of drug-likeness (QED) is 0.441. The Kier molecular flexibility index (Phi) is 7.23. The molecule has 28 heavy (non-hydrogen) atoms. The van der Waals surface area contributed by atoms with Gasteiger partial charge in [0.1, 0.15) is 12.3 Å². The van der Waals surface area contributed by atoms with E-state index in [4.69, 9.17) is 4.74 Å². The zero-order valence-electron chi connectivity index (χ0n) is 16.6. The van der Waals surface area contributed by atoms with Gasteiger partial charge in [-0.3, -0.25) is 4.40 Å². The second-order valence-electron chi connectivity index (χ2n) is 6.41. The summed E-state index contributed by atoms with van der Waals surface area (Å²) in [7, 11) is 0. The summed E-state index contributed by atoms with van der Waals surface area (Å²) < 4.78 is 7.66. The fourth-order valence-corrected chi connectivity index (χ4v) is 2.83. The summed E-state index contributed by atoms with van der Waals surface area (Å²) in [6, 6.07) is 14.1. The van der Waals surface area contributed by atoms with Crippen LogP contribution in [0.4, 0.5) is 0 Å². The van der Waals surface area contributed by atoms with Gasteiger partial charge >= 0.3 is 0 Å². The topological polar surface area (TPSA) is 75.8 Å².